The lowest BCUT2D eigenvalue weighted by atomic mass is 9.99. The molecule has 0 unspecified atom stereocenters. The number of ether oxygens (including phenoxy) is 1. The Kier molecular flexibility index (Phi) is 4.63. The van der Waals surface area contributed by atoms with Gasteiger partial charge in [-0.05, 0) is 12.1 Å². The average molecular weight is 392 g/mol. The van der Waals surface area contributed by atoms with Gasteiger partial charge in [-0.15, -0.1) is 12.4 Å². The molecular formula is C18H18ClN3O5. The highest BCUT2D eigenvalue weighted by Gasteiger charge is 2.26. The van der Waals surface area contributed by atoms with E-state index < -0.39 is 22.8 Å². The minimum Gasteiger partial charge on any atom is -0.506 e. The second-order valence-corrected chi connectivity index (χ2v) is 6.24. The third kappa shape index (κ3) is 2.73. The number of carboxylic acid groups (broad SMARTS) is 1. The number of halogens is 1. The summed E-state index contributed by atoms with van der Waals surface area (Å²) in [6.07, 6.45) is 0.275. The molecular weight excluding hydrogens is 374 g/mol. The first-order valence-corrected chi connectivity index (χ1v) is 8.09. The van der Waals surface area contributed by atoms with Crippen LogP contribution in [0.15, 0.2) is 23.0 Å². The van der Waals surface area contributed by atoms with Gasteiger partial charge >= 0.3 is 5.97 Å². The highest BCUT2D eigenvalue weighted by atomic mass is 35.5. The van der Waals surface area contributed by atoms with Crippen molar-refractivity contribution in [1.82, 2.24) is 9.55 Å². The number of aromatic carboxylic acids is 1. The summed E-state index contributed by atoms with van der Waals surface area (Å²) in [6, 6.07) is 5.66. The number of carbonyl (C=O) groups is 1. The maximum atomic E-state index is 12.2. The largest absolute Gasteiger partial charge is 0.506 e. The number of benzene rings is 1. The maximum Gasteiger partial charge on any atom is 0.345 e. The number of H-pyrrole nitrogens is 1. The van der Waals surface area contributed by atoms with Gasteiger partial charge in [0.05, 0.1) is 17.8 Å². The van der Waals surface area contributed by atoms with Crippen LogP contribution < -0.4 is 16.0 Å². The quantitative estimate of drug-likeness (QED) is 0.526. The van der Waals surface area contributed by atoms with Gasteiger partial charge in [0.25, 0.3) is 5.56 Å². The van der Waals surface area contributed by atoms with E-state index in [4.69, 9.17) is 10.5 Å². The smallest absolute Gasteiger partial charge is 0.345 e. The Balaban J connectivity index is 0.00000210. The van der Waals surface area contributed by atoms with Crippen molar-refractivity contribution in [3.63, 3.8) is 0 Å². The van der Waals surface area contributed by atoms with Gasteiger partial charge in [-0.3, -0.25) is 4.79 Å². The molecule has 2 aromatic heterocycles. The van der Waals surface area contributed by atoms with E-state index in [2.05, 4.69) is 4.98 Å². The third-order valence-electron chi connectivity index (χ3n) is 4.84. The molecule has 9 heteroatoms. The van der Waals surface area contributed by atoms with Crippen LogP contribution in [0.2, 0.25) is 0 Å². The van der Waals surface area contributed by atoms with E-state index in [-0.39, 0.29) is 25.4 Å². The first-order chi connectivity index (χ1) is 12.4. The molecule has 1 aromatic carbocycles. The maximum absolute atomic E-state index is 12.2. The summed E-state index contributed by atoms with van der Waals surface area (Å²) < 4.78 is 7.78. The first kappa shape index (κ1) is 18.8. The van der Waals surface area contributed by atoms with Gasteiger partial charge in [-0.25, -0.2) is 4.79 Å². The van der Waals surface area contributed by atoms with Crippen LogP contribution in [0.4, 0.5) is 0 Å². The fourth-order valence-electron chi connectivity index (χ4n) is 3.50. The molecule has 5 N–H and O–H groups in total. The van der Waals surface area contributed by atoms with Crippen molar-refractivity contribution in [2.75, 3.05) is 6.61 Å². The Bertz CT molecular complexity index is 1130. The monoisotopic (exact) mass is 391 g/mol. The normalized spacial score (nSPS) is 12.5. The van der Waals surface area contributed by atoms with Gasteiger partial charge in [-0.2, -0.15) is 0 Å². The highest BCUT2D eigenvalue weighted by molar-refractivity contribution is 5.94. The van der Waals surface area contributed by atoms with E-state index in [9.17, 15) is 19.8 Å². The standard InChI is InChI=1S/C18H17N3O5.ClH/c1-21-9(7-19)4-8-5-11-13(6-12(8)21)26-3-2-10-15(11)20-17(23)14(16(10)22)18(24)25;/h4-6H,2-3,7,19H2,1H3,(H,24,25)(H2,20,22,23);1H. The van der Waals surface area contributed by atoms with Crippen molar-refractivity contribution < 1.29 is 19.7 Å². The minimum absolute atomic E-state index is 0. The summed E-state index contributed by atoms with van der Waals surface area (Å²) in [5.41, 5.74) is 7.47. The molecule has 4 rings (SSSR count). The second kappa shape index (κ2) is 6.64. The van der Waals surface area contributed by atoms with Crippen molar-refractivity contribution in [1.29, 1.82) is 0 Å². The number of aromatic hydroxyl groups is 1. The van der Waals surface area contributed by atoms with Gasteiger partial charge in [0, 0.05) is 48.3 Å². The fourth-order valence-corrected chi connectivity index (χ4v) is 3.50. The van der Waals surface area contributed by atoms with Crippen molar-refractivity contribution in [3.05, 3.63) is 45.4 Å². The molecule has 142 valence electrons. The van der Waals surface area contributed by atoms with Crippen LogP contribution in [0.1, 0.15) is 21.6 Å². The number of aromatic amines is 1. The van der Waals surface area contributed by atoms with E-state index >= 15 is 0 Å². The summed E-state index contributed by atoms with van der Waals surface area (Å²) in [4.78, 5) is 26.1. The van der Waals surface area contributed by atoms with Gasteiger partial charge in [0.1, 0.15) is 11.5 Å². The van der Waals surface area contributed by atoms with E-state index in [1.165, 1.54) is 0 Å². The summed E-state index contributed by atoms with van der Waals surface area (Å²) >= 11 is 0. The number of pyridine rings is 1. The van der Waals surface area contributed by atoms with E-state index in [0.717, 1.165) is 16.6 Å². The Morgan fingerprint density at radius 3 is 2.78 bits per heavy atom. The van der Waals surface area contributed by atoms with Gasteiger partial charge < -0.3 is 30.2 Å². The van der Waals surface area contributed by atoms with Gasteiger partial charge in [0.2, 0.25) is 0 Å². The molecule has 3 aromatic rings. The molecule has 0 fully saturated rings. The lowest BCUT2D eigenvalue weighted by molar-refractivity contribution is 0.0691. The molecule has 0 spiro atoms. The number of nitrogens with one attached hydrogen (secondary N) is 1. The van der Waals surface area contributed by atoms with Crippen LogP contribution in [-0.4, -0.2) is 32.3 Å². The van der Waals surface area contributed by atoms with E-state index in [1.807, 2.05) is 29.8 Å². The van der Waals surface area contributed by atoms with Crippen LogP contribution in [-0.2, 0) is 20.0 Å². The van der Waals surface area contributed by atoms with E-state index in [1.54, 1.807) is 0 Å². The SMILES string of the molecule is Cl.Cn1c(CN)cc2cc3c(cc21)OCCc1c-3[nH]c(=O)c(C(=O)O)c1O. The number of nitrogens with zero attached hydrogens (tertiary/aromatic N) is 1. The molecule has 0 bridgehead atoms. The molecule has 1 aliphatic rings. The molecule has 0 amide bonds. The number of aromatic nitrogens is 2. The topological polar surface area (TPSA) is 131 Å². The molecule has 27 heavy (non-hydrogen) atoms. The molecule has 0 aliphatic carbocycles. The number of aryl methyl sites for hydroxylation is 1. The van der Waals surface area contributed by atoms with Crippen molar-refractivity contribution in [3.8, 4) is 22.8 Å². The lowest BCUT2D eigenvalue weighted by Gasteiger charge is -2.11. The predicted octanol–water partition coefficient (Wildman–Crippen LogP) is 1.75. The highest BCUT2D eigenvalue weighted by Crippen LogP contribution is 2.40. The second-order valence-electron chi connectivity index (χ2n) is 6.24. The van der Waals surface area contributed by atoms with Crippen LogP contribution in [0.5, 0.6) is 11.5 Å². The number of rotatable bonds is 2. The molecule has 1 aliphatic heterocycles. The predicted molar refractivity (Wildman–Crippen MR) is 102 cm³/mol. The van der Waals surface area contributed by atoms with Crippen molar-refractivity contribution in [2.24, 2.45) is 12.8 Å². The number of hydrogen-bond donors (Lipinski definition) is 4. The van der Waals surface area contributed by atoms with Gasteiger partial charge in [-0.1, -0.05) is 0 Å². The Morgan fingerprint density at radius 1 is 1.37 bits per heavy atom. The zero-order chi connectivity index (χ0) is 18.6. The van der Waals surface area contributed by atoms with Crippen molar-refractivity contribution in [2.45, 2.75) is 13.0 Å². The zero-order valence-electron chi connectivity index (χ0n) is 14.4. The molecule has 8 nitrogen and oxygen atoms in total. The summed E-state index contributed by atoms with van der Waals surface area (Å²) in [5, 5.41) is 20.5. The average Bonchev–Trinajstić information content (AvgIpc) is 2.79. The molecule has 3 heterocycles. The van der Waals surface area contributed by atoms with Crippen LogP contribution >= 0.6 is 12.4 Å². The summed E-state index contributed by atoms with van der Waals surface area (Å²) in [7, 11) is 1.91. The number of hydrogen-bond acceptors (Lipinski definition) is 5. The first-order valence-electron chi connectivity index (χ1n) is 8.09. The third-order valence-corrected chi connectivity index (χ3v) is 4.84. The summed E-state index contributed by atoms with van der Waals surface area (Å²) in [6.45, 7) is 0.630. The lowest BCUT2D eigenvalue weighted by Crippen LogP contribution is -2.20. The zero-order valence-corrected chi connectivity index (χ0v) is 15.2. The van der Waals surface area contributed by atoms with Crippen LogP contribution in [0, 0.1) is 0 Å². The van der Waals surface area contributed by atoms with Crippen molar-refractivity contribution >= 4 is 29.3 Å². The fraction of sp³-hybridized carbons (Fsp3) is 0.222. The number of nitrogens with two attached hydrogens (primary N) is 1. The Hall–Kier alpha value is -2.97. The Morgan fingerprint density at radius 2 is 2.11 bits per heavy atom. The van der Waals surface area contributed by atoms with Crippen LogP contribution in [0.3, 0.4) is 0 Å². The van der Waals surface area contributed by atoms with Gasteiger partial charge in [0.15, 0.2) is 5.56 Å². The van der Waals surface area contributed by atoms with Crippen LogP contribution in [0.25, 0.3) is 22.2 Å². The summed E-state index contributed by atoms with van der Waals surface area (Å²) in [5.74, 6) is -1.43. The minimum atomic E-state index is -1.47. The molecule has 0 saturated heterocycles. The Labute approximate surface area is 159 Å². The number of carboxylic acids is 1. The number of fused-ring (bicyclic) bond motifs is 4. The molecule has 0 saturated carbocycles. The van der Waals surface area contributed by atoms with E-state index in [0.29, 0.717) is 29.1 Å². The molecule has 0 atom stereocenters. The molecule has 0 radical (unpaired) electrons.